The Balaban J connectivity index is 2.40. The second-order valence-electron chi connectivity index (χ2n) is 4.86. The molecule has 0 radical (unpaired) electrons. The van der Waals surface area contributed by atoms with Gasteiger partial charge in [-0.3, -0.25) is 4.90 Å². The van der Waals surface area contributed by atoms with Gasteiger partial charge in [0.2, 0.25) is 0 Å². The molecule has 19 heavy (non-hydrogen) atoms. The molecule has 0 amide bonds. The van der Waals surface area contributed by atoms with E-state index in [1.54, 1.807) is 0 Å². The summed E-state index contributed by atoms with van der Waals surface area (Å²) in [4.78, 5) is 2.20. The summed E-state index contributed by atoms with van der Waals surface area (Å²) in [6.07, 6.45) is 0.461. The summed E-state index contributed by atoms with van der Waals surface area (Å²) in [7, 11) is 4.16. The number of rotatable bonds is 4. The van der Waals surface area contributed by atoms with Gasteiger partial charge in [-0.1, -0.05) is 54.6 Å². The third-order valence-corrected chi connectivity index (χ3v) is 3.18. The first-order valence-electron chi connectivity index (χ1n) is 6.39. The fourth-order valence-electron chi connectivity index (χ4n) is 2.39. The Bertz CT molecular complexity index is 567. The SMILES string of the molecule is CN(C)C(c1ccccc1)c1cccc(CC#N)c1. The van der Waals surface area contributed by atoms with Crippen LogP contribution in [0.1, 0.15) is 22.7 Å². The lowest BCUT2D eigenvalue weighted by Gasteiger charge is -2.25. The minimum Gasteiger partial charge on any atom is -0.299 e. The minimum atomic E-state index is 0.222. The molecule has 2 aromatic rings. The quantitative estimate of drug-likeness (QED) is 0.831. The van der Waals surface area contributed by atoms with Crippen LogP contribution >= 0.6 is 0 Å². The molecule has 0 saturated heterocycles. The molecule has 2 heteroatoms. The molecule has 0 N–H and O–H groups in total. The Morgan fingerprint density at radius 2 is 1.68 bits per heavy atom. The Labute approximate surface area is 114 Å². The normalized spacial score (nSPS) is 12.1. The van der Waals surface area contributed by atoms with Crippen molar-refractivity contribution in [3.05, 3.63) is 71.3 Å². The van der Waals surface area contributed by atoms with Crippen molar-refractivity contribution in [2.75, 3.05) is 14.1 Å². The molecule has 0 heterocycles. The summed E-state index contributed by atoms with van der Waals surface area (Å²) in [5, 5.41) is 8.81. The molecule has 2 nitrogen and oxygen atoms in total. The number of nitriles is 1. The van der Waals surface area contributed by atoms with Crippen molar-refractivity contribution in [3.63, 3.8) is 0 Å². The highest BCUT2D eigenvalue weighted by atomic mass is 15.1. The van der Waals surface area contributed by atoms with Gasteiger partial charge in [0.1, 0.15) is 0 Å². The molecule has 0 aliphatic heterocycles. The Morgan fingerprint density at radius 3 is 2.32 bits per heavy atom. The van der Waals surface area contributed by atoms with Gasteiger partial charge < -0.3 is 0 Å². The maximum atomic E-state index is 8.81. The van der Waals surface area contributed by atoms with Crippen LogP contribution in [0.25, 0.3) is 0 Å². The second-order valence-corrected chi connectivity index (χ2v) is 4.86. The number of nitrogens with zero attached hydrogens (tertiary/aromatic N) is 2. The van der Waals surface area contributed by atoms with Crippen molar-refractivity contribution in [2.45, 2.75) is 12.5 Å². The van der Waals surface area contributed by atoms with Gasteiger partial charge >= 0.3 is 0 Å². The average Bonchev–Trinajstić information content (AvgIpc) is 2.40. The second kappa shape index (κ2) is 6.17. The van der Waals surface area contributed by atoms with Crippen LogP contribution in [-0.4, -0.2) is 19.0 Å². The molecule has 1 atom stereocenters. The van der Waals surface area contributed by atoms with Crippen LogP contribution in [0.2, 0.25) is 0 Å². The predicted molar refractivity (Wildman–Crippen MR) is 77.7 cm³/mol. The lowest BCUT2D eigenvalue weighted by Crippen LogP contribution is -2.21. The van der Waals surface area contributed by atoms with Crippen LogP contribution in [0.4, 0.5) is 0 Å². The molecule has 0 spiro atoms. The summed E-state index contributed by atoms with van der Waals surface area (Å²) in [5.41, 5.74) is 3.56. The zero-order valence-electron chi connectivity index (χ0n) is 11.4. The topological polar surface area (TPSA) is 27.0 Å². The average molecular weight is 250 g/mol. The standard InChI is InChI=1S/C17H18N2/c1-19(2)17(15-8-4-3-5-9-15)16-10-6-7-14(13-16)11-12-18/h3-10,13,17H,11H2,1-2H3. The van der Waals surface area contributed by atoms with E-state index in [-0.39, 0.29) is 6.04 Å². The molecule has 0 fully saturated rings. The third kappa shape index (κ3) is 3.21. The Hall–Kier alpha value is -2.11. The van der Waals surface area contributed by atoms with Crippen LogP contribution in [0.15, 0.2) is 54.6 Å². The molecule has 0 aromatic heterocycles. The fourth-order valence-corrected chi connectivity index (χ4v) is 2.39. The predicted octanol–water partition coefficient (Wildman–Crippen LogP) is 3.40. The molecule has 0 aliphatic carbocycles. The summed E-state index contributed by atoms with van der Waals surface area (Å²) >= 11 is 0. The molecule has 2 rings (SSSR count). The first kappa shape index (κ1) is 13.3. The van der Waals surface area contributed by atoms with Crippen LogP contribution in [-0.2, 0) is 6.42 Å². The van der Waals surface area contributed by atoms with Crippen molar-refractivity contribution >= 4 is 0 Å². The highest BCUT2D eigenvalue weighted by Crippen LogP contribution is 2.27. The van der Waals surface area contributed by atoms with Gasteiger partial charge in [-0.15, -0.1) is 0 Å². The monoisotopic (exact) mass is 250 g/mol. The van der Waals surface area contributed by atoms with E-state index in [0.29, 0.717) is 6.42 Å². The van der Waals surface area contributed by atoms with E-state index in [4.69, 9.17) is 5.26 Å². The lowest BCUT2D eigenvalue weighted by molar-refractivity contribution is 0.342. The molecule has 2 aromatic carbocycles. The van der Waals surface area contributed by atoms with Crippen LogP contribution in [0.3, 0.4) is 0 Å². The molecular weight excluding hydrogens is 232 g/mol. The number of hydrogen-bond donors (Lipinski definition) is 0. The minimum absolute atomic E-state index is 0.222. The van der Waals surface area contributed by atoms with Crippen molar-refractivity contribution in [1.82, 2.24) is 4.90 Å². The van der Waals surface area contributed by atoms with E-state index in [0.717, 1.165) is 5.56 Å². The van der Waals surface area contributed by atoms with Crippen LogP contribution in [0, 0.1) is 11.3 Å². The fraction of sp³-hybridized carbons (Fsp3) is 0.235. The molecule has 0 bridgehead atoms. The highest BCUT2D eigenvalue weighted by molar-refractivity contribution is 5.35. The van der Waals surface area contributed by atoms with E-state index < -0.39 is 0 Å². The summed E-state index contributed by atoms with van der Waals surface area (Å²) in [6, 6.07) is 21.1. The van der Waals surface area contributed by atoms with Gasteiger partial charge in [-0.2, -0.15) is 5.26 Å². The first-order valence-corrected chi connectivity index (χ1v) is 6.39. The Morgan fingerprint density at radius 1 is 1.00 bits per heavy atom. The van der Waals surface area contributed by atoms with E-state index in [9.17, 15) is 0 Å². The van der Waals surface area contributed by atoms with E-state index in [1.807, 2.05) is 18.2 Å². The van der Waals surface area contributed by atoms with Gasteiger partial charge in [0, 0.05) is 0 Å². The molecule has 0 aliphatic rings. The van der Waals surface area contributed by atoms with Crippen molar-refractivity contribution < 1.29 is 0 Å². The molecule has 1 unspecified atom stereocenters. The molecule has 0 saturated carbocycles. The van der Waals surface area contributed by atoms with E-state index >= 15 is 0 Å². The maximum absolute atomic E-state index is 8.81. The number of hydrogen-bond acceptors (Lipinski definition) is 2. The summed E-state index contributed by atoms with van der Waals surface area (Å²) in [6.45, 7) is 0. The smallest absolute Gasteiger partial charge is 0.0669 e. The van der Waals surface area contributed by atoms with E-state index in [1.165, 1.54) is 11.1 Å². The zero-order chi connectivity index (χ0) is 13.7. The Kier molecular flexibility index (Phi) is 4.33. The maximum Gasteiger partial charge on any atom is 0.0669 e. The van der Waals surface area contributed by atoms with Gasteiger partial charge in [0.25, 0.3) is 0 Å². The number of benzene rings is 2. The highest BCUT2D eigenvalue weighted by Gasteiger charge is 2.16. The summed E-state index contributed by atoms with van der Waals surface area (Å²) < 4.78 is 0. The summed E-state index contributed by atoms with van der Waals surface area (Å²) in [5.74, 6) is 0. The van der Waals surface area contributed by atoms with Gasteiger partial charge in [0.05, 0.1) is 18.5 Å². The van der Waals surface area contributed by atoms with E-state index in [2.05, 4.69) is 61.5 Å². The largest absolute Gasteiger partial charge is 0.299 e. The van der Waals surface area contributed by atoms with Crippen molar-refractivity contribution in [1.29, 1.82) is 5.26 Å². The van der Waals surface area contributed by atoms with Gasteiger partial charge in [-0.25, -0.2) is 0 Å². The first-order chi connectivity index (χ1) is 9.22. The van der Waals surface area contributed by atoms with Gasteiger partial charge in [0.15, 0.2) is 0 Å². The van der Waals surface area contributed by atoms with Crippen molar-refractivity contribution in [2.24, 2.45) is 0 Å². The molecule has 96 valence electrons. The molecular formula is C17H18N2. The van der Waals surface area contributed by atoms with Gasteiger partial charge in [-0.05, 0) is 30.8 Å². The third-order valence-electron chi connectivity index (χ3n) is 3.18. The van der Waals surface area contributed by atoms with Crippen LogP contribution < -0.4 is 0 Å². The van der Waals surface area contributed by atoms with Crippen molar-refractivity contribution in [3.8, 4) is 6.07 Å². The zero-order valence-corrected chi connectivity index (χ0v) is 11.4. The lowest BCUT2D eigenvalue weighted by atomic mass is 9.96. The van der Waals surface area contributed by atoms with Crippen LogP contribution in [0.5, 0.6) is 0 Å².